The Hall–Kier alpha value is -1.26. The lowest BCUT2D eigenvalue weighted by Gasteiger charge is -2.44. The molecule has 0 aromatic heterocycles. The minimum atomic E-state index is -1.43. The van der Waals surface area contributed by atoms with Gasteiger partial charge in [-0.25, -0.2) is 0 Å². The Bertz CT molecular complexity index is 400. The van der Waals surface area contributed by atoms with Gasteiger partial charge < -0.3 is 33.5 Å². The molecule has 0 bridgehead atoms. The van der Waals surface area contributed by atoms with Gasteiger partial charge in [0.1, 0.15) is 31.0 Å². The topological polar surface area (TPSA) is 110 Å². The molecule has 1 fully saturated rings. The van der Waals surface area contributed by atoms with E-state index in [0.29, 0.717) is 0 Å². The zero-order chi connectivity index (χ0) is 17.6. The summed E-state index contributed by atoms with van der Waals surface area (Å²) in [6.07, 6.45) is -5.48. The molecule has 0 aliphatic carbocycles. The molecule has 1 aliphatic rings. The summed E-state index contributed by atoms with van der Waals surface area (Å²) in [6, 6.07) is 0. The average molecular weight is 336 g/mol. The maximum absolute atomic E-state index is 11.2. The van der Waals surface area contributed by atoms with E-state index >= 15 is 0 Å². The molecule has 0 radical (unpaired) electrons. The fraction of sp³-hybridized carbons (Fsp3) is 0.857. The molecule has 1 saturated heterocycles. The summed E-state index contributed by atoms with van der Waals surface area (Å²) in [5.74, 6) is -1.06. The van der Waals surface area contributed by atoms with Crippen molar-refractivity contribution in [2.45, 2.75) is 50.7 Å². The predicted octanol–water partition coefficient (Wildman–Crippen LogP) is -0.757. The molecule has 6 unspecified atom stereocenters. The molecule has 1 rings (SSSR count). The van der Waals surface area contributed by atoms with Gasteiger partial charge in [0.05, 0.1) is 0 Å². The molecule has 23 heavy (non-hydrogen) atoms. The predicted molar refractivity (Wildman–Crippen MR) is 75.5 cm³/mol. The molecule has 134 valence electrons. The number of hydrogen-bond acceptors (Lipinski definition) is 9. The Morgan fingerprint density at radius 3 is 2.09 bits per heavy atom. The second-order valence-corrected chi connectivity index (χ2v) is 5.04. The number of rotatable bonds is 7. The van der Waals surface area contributed by atoms with Crippen molar-refractivity contribution in [3.8, 4) is 0 Å². The molecule has 9 heteroatoms. The number of aliphatic hydroxyl groups is 1. The third-order valence-electron chi connectivity index (χ3n) is 3.52. The third kappa shape index (κ3) is 5.11. The molecule has 9 nitrogen and oxygen atoms in total. The Morgan fingerprint density at radius 2 is 1.65 bits per heavy atom. The second-order valence-electron chi connectivity index (χ2n) is 5.04. The van der Waals surface area contributed by atoms with Crippen LogP contribution in [0.15, 0.2) is 0 Å². The van der Waals surface area contributed by atoms with E-state index in [0.717, 1.165) is 0 Å². The first-order valence-electron chi connectivity index (χ1n) is 7.08. The van der Waals surface area contributed by atoms with Gasteiger partial charge in [0, 0.05) is 35.2 Å². The zero-order valence-corrected chi connectivity index (χ0v) is 13.9. The van der Waals surface area contributed by atoms with Gasteiger partial charge in [-0.2, -0.15) is 0 Å². The van der Waals surface area contributed by atoms with E-state index in [-0.39, 0.29) is 6.61 Å². The molecule has 0 saturated carbocycles. The van der Waals surface area contributed by atoms with Crippen LogP contribution in [-0.2, 0) is 38.0 Å². The van der Waals surface area contributed by atoms with Gasteiger partial charge in [0.2, 0.25) is 0 Å². The van der Waals surface area contributed by atoms with Crippen LogP contribution in [0.4, 0.5) is 0 Å². The van der Waals surface area contributed by atoms with Gasteiger partial charge in [0.15, 0.2) is 12.4 Å². The molecular weight excluding hydrogens is 312 g/mol. The van der Waals surface area contributed by atoms with Crippen molar-refractivity contribution in [1.82, 2.24) is 0 Å². The van der Waals surface area contributed by atoms with Crippen LogP contribution in [0.1, 0.15) is 13.8 Å². The van der Waals surface area contributed by atoms with E-state index < -0.39 is 48.7 Å². The Morgan fingerprint density at radius 1 is 1.04 bits per heavy atom. The minimum absolute atomic E-state index is 0.0856. The van der Waals surface area contributed by atoms with E-state index in [2.05, 4.69) is 0 Å². The van der Waals surface area contributed by atoms with Crippen molar-refractivity contribution in [3.05, 3.63) is 0 Å². The summed E-state index contributed by atoms with van der Waals surface area (Å²) in [5.41, 5.74) is 0. The maximum Gasteiger partial charge on any atom is 0.303 e. The molecule has 0 amide bonds. The minimum Gasteiger partial charge on any atom is -0.463 e. The Balaban J connectivity index is 2.95. The largest absolute Gasteiger partial charge is 0.463 e. The van der Waals surface area contributed by atoms with Crippen molar-refractivity contribution in [3.63, 3.8) is 0 Å². The highest BCUT2D eigenvalue weighted by molar-refractivity contribution is 5.66. The summed E-state index contributed by atoms with van der Waals surface area (Å²) < 4.78 is 31.4. The molecule has 0 aromatic rings. The van der Waals surface area contributed by atoms with Gasteiger partial charge in [-0.05, 0) is 0 Å². The van der Waals surface area contributed by atoms with Gasteiger partial charge in [-0.3, -0.25) is 9.59 Å². The molecular formula is C14H24O9. The zero-order valence-electron chi connectivity index (χ0n) is 13.9. The maximum atomic E-state index is 11.2. The fourth-order valence-electron chi connectivity index (χ4n) is 2.50. The molecule has 1 aliphatic heterocycles. The summed E-state index contributed by atoms with van der Waals surface area (Å²) in [4.78, 5) is 22.2. The van der Waals surface area contributed by atoms with Gasteiger partial charge in [-0.15, -0.1) is 0 Å². The van der Waals surface area contributed by atoms with Crippen LogP contribution in [0.2, 0.25) is 0 Å². The summed E-state index contributed by atoms with van der Waals surface area (Å²) in [7, 11) is 4.24. The van der Waals surface area contributed by atoms with Crippen LogP contribution < -0.4 is 0 Å². The van der Waals surface area contributed by atoms with Gasteiger partial charge in [0.25, 0.3) is 0 Å². The Kier molecular flexibility index (Phi) is 7.86. The average Bonchev–Trinajstić information content (AvgIpc) is 2.49. The summed E-state index contributed by atoms with van der Waals surface area (Å²) in [5, 5.41) is 10.1. The lowest BCUT2D eigenvalue weighted by atomic mass is 9.94. The van der Waals surface area contributed by atoms with Crippen LogP contribution in [-0.4, -0.2) is 81.8 Å². The van der Waals surface area contributed by atoms with Crippen molar-refractivity contribution in [2.75, 3.05) is 27.9 Å². The first kappa shape index (κ1) is 19.8. The number of ether oxygens (including phenoxy) is 6. The molecule has 0 spiro atoms. The van der Waals surface area contributed by atoms with Crippen molar-refractivity contribution >= 4 is 11.9 Å². The SMILES string of the molecule is COC(COC(C)=O)C1OC(O)C(OC(C)=O)C(OC)C1OC. The lowest BCUT2D eigenvalue weighted by Crippen LogP contribution is -2.63. The fourth-order valence-corrected chi connectivity index (χ4v) is 2.50. The van der Waals surface area contributed by atoms with E-state index in [1.165, 1.54) is 35.2 Å². The van der Waals surface area contributed by atoms with Crippen LogP contribution in [0.3, 0.4) is 0 Å². The monoisotopic (exact) mass is 336 g/mol. The number of methoxy groups -OCH3 is 3. The van der Waals surface area contributed by atoms with Crippen LogP contribution in [0.5, 0.6) is 0 Å². The number of hydrogen-bond donors (Lipinski definition) is 1. The van der Waals surface area contributed by atoms with Crippen molar-refractivity contribution in [2.24, 2.45) is 0 Å². The van der Waals surface area contributed by atoms with Gasteiger partial charge >= 0.3 is 11.9 Å². The molecule has 0 aromatic carbocycles. The van der Waals surface area contributed by atoms with E-state index in [4.69, 9.17) is 28.4 Å². The van der Waals surface area contributed by atoms with Crippen LogP contribution in [0, 0.1) is 0 Å². The smallest absolute Gasteiger partial charge is 0.303 e. The molecule has 1 N–H and O–H groups in total. The highest BCUT2D eigenvalue weighted by atomic mass is 16.7. The second kappa shape index (κ2) is 9.14. The highest BCUT2D eigenvalue weighted by Crippen LogP contribution is 2.29. The normalized spacial score (nSPS) is 32.2. The Labute approximate surface area is 134 Å². The number of esters is 2. The standard InChI is InChI=1S/C14H24O9/c1-7(15)21-6-9(18-3)10-11(19-4)12(20-5)13(14(17)23-10)22-8(2)16/h9-14,17H,6H2,1-5H3. The number of carbonyl (C=O) groups excluding carboxylic acids is 2. The number of carbonyl (C=O) groups is 2. The third-order valence-corrected chi connectivity index (χ3v) is 3.52. The number of aliphatic hydroxyl groups excluding tert-OH is 1. The molecule has 6 atom stereocenters. The van der Waals surface area contributed by atoms with E-state index in [9.17, 15) is 14.7 Å². The van der Waals surface area contributed by atoms with Crippen LogP contribution >= 0.6 is 0 Å². The highest BCUT2D eigenvalue weighted by Gasteiger charge is 2.50. The summed E-state index contributed by atoms with van der Waals surface area (Å²) >= 11 is 0. The van der Waals surface area contributed by atoms with E-state index in [1.54, 1.807) is 0 Å². The van der Waals surface area contributed by atoms with Crippen LogP contribution in [0.25, 0.3) is 0 Å². The first-order valence-corrected chi connectivity index (χ1v) is 7.08. The molecule has 1 heterocycles. The van der Waals surface area contributed by atoms with Gasteiger partial charge in [-0.1, -0.05) is 0 Å². The summed E-state index contributed by atoms with van der Waals surface area (Å²) in [6.45, 7) is 2.40. The lowest BCUT2D eigenvalue weighted by molar-refractivity contribution is -0.310. The first-order chi connectivity index (χ1) is 10.8. The van der Waals surface area contributed by atoms with Crippen molar-refractivity contribution in [1.29, 1.82) is 0 Å². The van der Waals surface area contributed by atoms with Crippen molar-refractivity contribution < 1.29 is 43.1 Å². The van der Waals surface area contributed by atoms with E-state index in [1.807, 2.05) is 0 Å². The quantitative estimate of drug-likeness (QED) is 0.600.